The van der Waals surface area contributed by atoms with Crippen LogP contribution in [0.5, 0.6) is 0 Å². The third kappa shape index (κ3) is 13.6. The molecule has 0 amide bonds. The van der Waals surface area contributed by atoms with Gasteiger partial charge in [-0.3, -0.25) is 0 Å². The van der Waals surface area contributed by atoms with Gasteiger partial charge in [-0.2, -0.15) is 0 Å². The van der Waals surface area contributed by atoms with Gasteiger partial charge in [-0.1, -0.05) is 6.92 Å². The van der Waals surface area contributed by atoms with Crippen LogP contribution in [0.15, 0.2) is 0 Å². The van der Waals surface area contributed by atoms with E-state index in [-0.39, 0.29) is 24.0 Å². The molecule has 0 rings (SSSR count). The van der Waals surface area contributed by atoms with Crippen molar-refractivity contribution in [3.05, 3.63) is 0 Å². The van der Waals surface area contributed by atoms with Crippen molar-refractivity contribution in [3.8, 4) is 0 Å². The van der Waals surface area contributed by atoms with Gasteiger partial charge in [0.25, 0.3) is 0 Å². The average Bonchev–Trinajstić information content (AvgIpc) is 1.78. The summed E-state index contributed by atoms with van der Waals surface area (Å²) in [5.74, 6) is 0. The first-order chi connectivity index (χ1) is 4.56. The normalized spacial score (nSPS) is 10.9. The van der Waals surface area contributed by atoms with E-state index in [0.29, 0.717) is 0 Å². The van der Waals surface area contributed by atoms with Crippen molar-refractivity contribution in [1.82, 2.24) is 0 Å². The molecule has 0 fully saturated rings. The predicted octanol–water partition coefficient (Wildman–Crippen LogP) is -1.88. The van der Waals surface area contributed by atoms with E-state index in [4.69, 9.17) is 4.74 Å². The Balaban J connectivity index is 0. The van der Waals surface area contributed by atoms with Crippen molar-refractivity contribution in [1.29, 1.82) is 0 Å². The van der Waals surface area contributed by atoms with E-state index in [9.17, 15) is 0 Å². The van der Waals surface area contributed by atoms with Crippen LogP contribution in [0.1, 0.15) is 13.3 Å². The average molecular weight is 273 g/mol. The summed E-state index contributed by atoms with van der Waals surface area (Å²) >= 11 is 0. The quantitative estimate of drug-likeness (QED) is 0.324. The van der Waals surface area contributed by atoms with Crippen LogP contribution in [-0.2, 0) is 4.74 Å². The van der Waals surface area contributed by atoms with Gasteiger partial charge in [-0.25, -0.2) is 0 Å². The maximum atomic E-state index is 5.34. The van der Waals surface area contributed by atoms with Gasteiger partial charge in [0.1, 0.15) is 6.54 Å². The zero-order chi connectivity index (χ0) is 8.04. The first kappa shape index (κ1) is 14.2. The molecule has 0 aliphatic heterocycles. The van der Waals surface area contributed by atoms with Gasteiger partial charge < -0.3 is 33.2 Å². The van der Waals surface area contributed by atoms with Crippen LogP contribution in [0.3, 0.4) is 0 Å². The highest BCUT2D eigenvalue weighted by molar-refractivity contribution is 4.29. The first-order valence-electron chi connectivity index (χ1n) is 3.94. The minimum Gasteiger partial charge on any atom is -1.00 e. The van der Waals surface area contributed by atoms with Crippen LogP contribution in [0.25, 0.3) is 0 Å². The van der Waals surface area contributed by atoms with Crippen molar-refractivity contribution in [2.24, 2.45) is 0 Å². The summed E-state index contributed by atoms with van der Waals surface area (Å²) in [6.45, 7) is 5.02. The Morgan fingerprint density at radius 2 is 1.64 bits per heavy atom. The maximum Gasteiger partial charge on any atom is 0.102 e. The number of nitrogens with zero attached hydrogens (tertiary/aromatic N) is 1. The monoisotopic (exact) mass is 273 g/mol. The number of rotatable bonds is 5. The highest BCUT2D eigenvalue weighted by atomic mass is 127. The third-order valence-electron chi connectivity index (χ3n) is 1.25. The van der Waals surface area contributed by atoms with Crippen molar-refractivity contribution < 1.29 is 33.2 Å². The minimum atomic E-state index is 0. The molecule has 0 spiro atoms. The van der Waals surface area contributed by atoms with Crippen molar-refractivity contribution in [2.45, 2.75) is 13.3 Å². The Morgan fingerprint density at radius 3 is 2.00 bits per heavy atom. The highest BCUT2D eigenvalue weighted by Crippen LogP contribution is 1.89. The molecule has 0 bridgehead atoms. The smallest absolute Gasteiger partial charge is 0.102 e. The van der Waals surface area contributed by atoms with Gasteiger partial charge >= 0.3 is 0 Å². The third-order valence-corrected chi connectivity index (χ3v) is 1.25. The molecule has 0 aliphatic carbocycles. The molecule has 2 nitrogen and oxygen atoms in total. The molecule has 0 saturated heterocycles. The summed E-state index contributed by atoms with van der Waals surface area (Å²) in [5.41, 5.74) is 0. The lowest BCUT2D eigenvalue weighted by atomic mass is 10.5. The van der Waals surface area contributed by atoms with E-state index in [1.165, 1.54) is 0 Å². The van der Waals surface area contributed by atoms with Gasteiger partial charge in [0.15, 0.2) is 0 Å². The zero-order valence-electron chi connectivity index (χ0n) is 8.06. The fourth-order valence-corrected chi connectivity index (χ4v) is 0.585. The summed E-state index contributed by atoms with van der Waals surface area (Å²) in [6, 6.07) is 0. The molecule has 0 radical (unpaired) electrons. The Kier molecular flexibility index (Phi) is 9.43. The summed E-state index contributed by atoms with van der Waals surface area (Å²) in [5, 5.41) is 0. The molecule has 0 aromatic carbocycles. The molecule has 0 heterocycles. The van der Waals surface area contributed by atoms with E-state index >= 15 is 0 Å². The second-order valence-corrected chi connectivity index (χ2v) is 3.63. The number of ether oxygens (including phenoxy) is 1. The molecule has 3 heteroatoms. The zero-order valence-corrected chi connectivity index (χ0v) is 10.2. The fourth-order valence-electron chi connectivity index (χ4n) is 0.585. The van der Waals surface area contributed by atoms with Crippen molar-refractivity contribution in [2.75, 3.05) is 40.9 Å². The minimum absolute atomic E-state index is 0. The lowest BCUT2D eigenvalue weighted by Crippen LogP contribution is -3.00. The first-order valence-corrected chi connectivity index (χ1v) is 3.94. The van der Waals surface area contributed by atoms with Crippen molar-refractivity contribution in [3.63, 3.8) is 0 Å². The van der Waals surface area contributed by atoms with Crippen molar-refractivity contribution >= 4 is 0 Å². The molecule has 0 aromatic heterocycles. The molecule has 11 heavy (non-hydrogen) atoms. The van der Waals surface area contributed by atoms with Gasteiger partial charge in [-0.15, -0.1) is 0 Å². The topological polar surface area (TPSA) is 9.23 Å². The SMILES string of the molecule is CCCOCC[N+](C)(C)C.[I-]. The van der Waals surface area contributed by atoms with E-state index in [2.05, 4.69) is 28.1 Å². The summed E-state index contributed by atoms with van der Waals surface area (Å²) in [7, 11) is 6.53. The van der Waals surface area contributed by atoms with Gasteiger partial charge in [-0.05, 0) is 6.42 Å². The molecule has 0 aliphatic rings. The van der Waals surface area contributed by atoms with Crippen LogP contribution < -0.4 is 24.0 Å². The van der Waals surface area contributed by atoms with E-state index in [1.54, 1.807) is 0 Å². The number of hydrogen-bond donors (Lipinski definition) is 0. The predicted molar refractivity (Wildman–Crippen MR) is 44.0 cm³/mol. The molecule has 0 atom stereocenters. The maximum absolute atomic E-state index is 5.34. The van der Waals surface area contributed by atoms with E-state index in [0.717, 1.165) is 30.7 Å². The lowest BCUT2D eigenvalue weighted by Gasteiger charge is -2.23. The molecule has 0 unspecified atom stereocenters. The number of hydrogen-bond acceptors (Lipinski definition) is 1. The molecule has 0 aromatic rings. The largest absolute Gasteiger partial charge is 1.00 e. The molecule has 70 valence electrons. The van der Waals surface area contributed by atoms with Crippen LogP contribution in [0.2, 0.25) is 0 Å². The van der Waals surface area contributed by atoms with E-state index in [1.807, 2.05) is 0 Å². The Hall–Kier alpha value is 0.650. The Bertz CT molecular complexity index is 80.7. The highest BCUT2D eigenvalue weighted by Gasteiger charge is 2.04. The standard InChI is InChI=1S/C8H20NO.HI/c1-5-7-10-8-6-9(2,3)4;/h5-8H2,1-4H3;1H/q+1;/p-1. The van der Waals surface area contributed by atoms with Crippen LogP contribution in [0.4, 0.5) is 0 Å². The molecular formula is C8H20INO. The van der Waals surface area contributed by atoms with Gasteiger partial charge in [0.05, 0.1) is 27.7 Å². The Labute approximate surface area is 87.5 Å². The van der Waals surface area contributed by atoms with Crippen LogP contribution >= 0.6 is 0 Å². The van der Waals surface area contributed by atoms with Gasteiger partial charge in [0.2, 0.25) is 0 Å². The number of quaternary nitrogens is 1. The second kappa shape index (κ2) is 7.31. The molecule has 0 saturated carbocycles. The number of halogens is 1. The van der Waals surface area contributed by atoms with Gasteiger partial charge in [0, 0.05) is 6.61 Å². The Morgan fingerprint density at radius 1 is 1.09 bits per heavy atom. The fraction of sp³-hybridized carbons (Fsp3) is 1.00. The molecule has 0 N–H and O–H groups in total. The number of likely N-dealkylation sites (N-methyl/N-ethyl adjacent to an activating group) is 1. The van der Waals surface area contributed by atoms with Crippen LogP contribution in [-0.4, -0.2) is 45.4 Å². The second-order valence-electron chi connectivity index (χ2n) is 3.63. The van der Waals surface area contributed by atoms with E-state index < -0.39 is 0 Å². The lowest BCUT2D eigenvalue weighted by molar-refractivity contribution is -0.870. The molecular weight excluding hydrogens is 253 g/mol. The summed E-state index contributed by atoms with van der Waals surface area (Å²) in [6.07, 6.45) is 1.12. The summed E-state index contributed by atoms with van der Waals surface area (Å²) < 4.78 is 6.33. The van der Waals surface area contributed by atoms with Crippen LogP contribution in [0, 0.1) is 0 Å². The summed E-state index contributed by atoms with van der Waals surface area (Å²) in [4.78, 5) is 0.